The predicted molar refractivity (Wildman–Crippen MR) is 101 cm³/mol. The van der Waals surface area contributed by atoms with Gasteiger partial charge in [-0.2, -0.15) is 0 Å². The lowest BCUT2D eigenvalue weighted by atomic mass is 9.89. The molecule has 2 rings (SSSR count). The van der Waals surface area contributed by atoms with E-state index in [2.05, 4.69) is 10.6 Å². The van der Waals surface area contributed by atoms with Crippen LogP contribution in [0, 0.1) is 0 Å². The molecule has 0 aliphatic carbocycles. The summed E-state index contributed by atoms with van der Waals surface area (Å²) < 4.78 is 11.0. The molecule has 0 heterocycles. The van der Waals surface area contributed by atoms with E-state index in [0.717, 1.165) is 0 Å². The molecule has 6 nitrogen and oxygen atoms in total. The van der Waals surface area contributed by atoms with E-state index in [9.17, 15) is 9.59 Å². The van der Waals surface area contributed by atoms with Gasteiger partial charge in [0.05, 0.1) is 0 Å². The Bertz CT molecular complexity index is 677. The Hall–Kier alpha value is -3.02. The van der Waals surface area contributed by atoms with Crippen LogP contribution in [0.15, 0.2) is 60.7 Å². The molecule has 26 heavy (non-hydrogen) atoms. The zero-order chi connectivity index (χ0) is 19.2. The van der Waals surface area contributed by atoms with Gasteiger partial charge in [0.2, 0.25) is 0 Å². The maximum Gasteiger partial charge on any atom is 0.412 e. The molecule has 2 amide bonds. The van der Waals surface area contributed by atoms with E-state index in [1.165, 1.54) is 0 Å². The molecule has 0 bridgehead atoms. The smallest absolute Gasteiger partial charge is 0.412 e. The van der Waals surface area contributed by atoms with Gasteiger partial charge in [0, 0.05) is 11.4 Å². The van der Waals surface area contributed by atoms with Crippen molar-refractivity contribution in [1.29, 1.82) is 0 Å². The molecule has 0 saturated heterocycles. The van der Waals surface area contributed by atoms with E-state index in [-0.39, 0.29) is 0 Å². The van der Waals surface area contributed by atoms with E-state index >= 15 is 0 Å². The summed E-state index contributed by atoms with van der Waals surface area (Å²) >= 11 is 0. The summed E-state index contributed by atoms with van der Waals surface area (Å²) in [6.07, 6.45) is -1.25. The fourth-order valence-corrected chi connectivity index (χ4v) is 2.04. The molecule has 138 valence electrons. The van der Waals surface area contributed by atoms with Crippen LogP contribution in [0.4, 0.5) is 21.0 Å². The maximum atomic E-state index is 12.2. The number of hydrogen-bond acceptors (Lipinski definition) is 4. The third-order valence-electron chi connectivity index (χ3n) is 4.19. The number of rotatable bonds is 5. The maximum absolute atomic E-state index is 12.2. The molecular formula is C20H24N2O4. The topological polar surface area (TPSA) is 76.7 Å². The molecule has 2 N–H and O–H groups in total. The quantitative estimate of drug-likeness (QED) is 0.787. The first kappa shape index (κ1) is 19.3. The minimum atomic E-state index is -1.07. The highest BCUT2D eigenvalue weighted by Gasteiger charge is 2.44. The molecule has 0 fully saturated rings. The van der Waals surface area contributed by atoms with Crippen LogP contribution >= 0.6 is 0 Å². The average Bonchev–Trinajstić information content (AvgIpc) is 2.55. The van der Waals surface area contributed by atoms with Crippen LogP contribution in [-0.4, -0.2) is 23.4 Å². The van der Waals surface area contributed by atoms with Crippen molar-refractivity contribution in [3.8, 4) is 0 Å². The van der Waals surface area contributed by atoms with E-state index in [4.69, 9.17) is 9.47 Å². The van der Waals surface area contributed by atoms with Crippen molar-refractivity contribution in [1.82, 2.24) is 0 Å². The highest BCUT2D eigenvalue weighted by molar-refractivity contribution is 5.86. The van der Waals surface area contributed by atoms with Gasteiger partial charge in [-0.05, 0) is 52.0 Å². The first-order chi connectivity index (χ1) is 12.2. The minimum Gasteiger partial charge on any atom is -0.439 e. The average molecular weight is 356 g/mol. The first-order valence-electron chi connectivity index (χ1n) is 8.30. The second kappa shape index (κ2) is 7.91. The van der Waals surface area contributed by atoms with E-state index in [0.29, 0.717) is 11.4 Å². The summed E-state index contributed by atoms with van der Waals surface area (Å²) in [6.45, 7) is 6.75. The molecule has 0 aliphatic rings. The van der Waals surface area contributed by atoms with Crippen molar-refractivity contribution in [2.24, 2.45) is 0 Å². The van der Waals surface area contributed by atoms with Crippen LogP contribution < -0.4 is 10.6 Å². The SMILES string of the molecule is CC(C)(OC(=O)Nc1ccccc1)C(C)(C)OC(=O)Nc1ccccc1. The molecule has 0 atom stereocenters. The fourth-order valence-electron chi connectivity index (χ4n) is 2.04. The second-order valence-electron chi connectivity index (χ2n) is 6.78. The monoisotopic (exact) mass is 356 g/mol. The zero-order valence-electron chi connectivity index (χ0n) is 15.4. The molecule has 0 radical (unpaired) electrons. The number of para-hydroxylation sites is 2. The molecule has 6 heteroatoms. The third-order valence-corrected chi connectivity index (χ3v) is 4.19. The van der Waals surface area contributed by atoms with Crippen molar-refractivity contribution < 1.29 is 19.1 Å². The Balaban J connectivity index is 1.96. The zero-order valence-corrected chi connectivity index (χ0v) is 15.4. The second-order valence-corrected chi connectivity index (χ2v) is 6.78. The molecule has 0 saturated carbocycles. The number of benzene rings is 2. The standard InChI is InChI=1S/C20H24N2O4/c1-19(2,25-17(23)21-15-11-7-5-8-12-15)20(3,4)26-18(24)22-16-13-9-6-10-14-16/h5-14H,1-4H3,(H,21,23)(H,22,24). The number of hydrogen-bond donors (Lipinski definition) is 2. The number of carbonyl (C=O) groups is 2. The normalized spacial score (nSPS) is 11.4. The third kappa shape index (κ3) is 5.24. The fraction of sp³-hybridized carbons (Fsp3) is 0.300. The Morgan fingerprint density at radius 2 is 0.962 bits per heavy atom. The predicted octanol–water partition coefficient (Wildman–Crippen LogP) is 5.04. The first-order valence-corrected chi connectivity index (χ1v) is 8.30. The van der Waals surface area contributed by atoms with Crippen LogP contribution in [0.1, 0.15) is 27.7 Å². The number of anilines is 2. The minimum absolute atomic E-state index is 0.619. The molecule has 0 aliphatic heterocycles. The van der Waals surface area contributed by atoms with Gasteiger partial charge < -0.3 is 9.47 Å². The largest absolute Gasteiger partial charge is 0.439 e. The van der Waals surface area contributed by atoms with Crippen LogP contribution in [0.2, 0.25) is 0 Å². The molecular weight excluding hydrogens is 332 g/mol. The van der Waals surface area contributed by atoms with Crippen LogP contribution in [-0.2, 0) is 9.47 Å². The van der Waals surface area contributed by atoms with Crippen molar-refractivity contribution in [3.63, 3.8) is 0 Å². The molecule has 2 aromatic carbocycles. The molecule has 0 aromatic heterocycles. The van der Waals surface area contributed by atoms with Gasteiger partial charge in [-0.3, -0.25) is 10.6 Å². The Morgan fingerprint density at radius 3 is 1.27 bits per heavy atom. The lowest BCUT2D eigenvalue weighted by Crippen LogP contribution is -2.52. The van der Waals surface area contributed by atoms with E-state index < -0.39 is 23.4 Å². The lowest BCUT2D eigenvalue weighted by Gasteiger charge is -2.39. The van der Waals surface area contributed by atoms with Crippen LogP contribution in [0.3, 0.4) is 0 Å². The van der Waals surface area contributed by atoms with Crippen LogP contribution in [0.25, 0.3) is 0 Å². The van der Waals surface area contributed by atoms with Crippen molar-refractivity contribution in [2.45, 2.75) is 38.9 Å². The number of carbonyl (C=O) groups excluding carboxylic acids is 2. The van der Waals surface area contributed by atoms with Gasteiger partial charge in [-0.25, -0.2) is 9.59 Å². The molecule has 2 aromatic rings. The summed E-state index contributed by atoms with van der Waals surface area (Å²) in [5.74, 6) is 0. The van der Waals surface area contributed by atoms with Gasteiger partial charge >= 0.3 is 12.2 Å². The van der Waals surface area contributed by atoms with Gasteiger partial charge in [-0.15, -0.1) is 0 Å². The van der Waals surface area contributed by atoms with E-state index in [1.54, 1.807) is 52.0 Å². The van der Waals surface area contributed by atoms with Crippen molar-refractivity contribution >= 4 is 23.6 Å². The molecule has 0 unspecified atom stereocenters. The number of nitrogens with one attached hydrogen (secondary N) is 2. The highest BCUT2D eigenvalue weighted by atomic mass is 16.6. The van der Waals surface area contributed by atoms with Gasteiger partial charge in [0.1, 0.15) is 11.2 Å². The van der Waals surface area contributed by atoms with Crippen molar-refractivity contribution in [3.05, 3.63) is 60.7 Å². The summed E-state index contributed by atoms with van der Waals surface area (Å²) in [7, 11) is 0. The number of amides is 2. The highest BCUT2D eigenvalue weighted by Crippen LogP contribution is 2.30. The Kier molecular flexibility index (Phi) is 5.87. The summed E-state index contributed by atoms with van der Waals surface area (Å²) in [5, 5.41) is 5.29. The summed E-state index contributed by atoms with van der Waals surface area (Å²) in [5.41, 5.74) is -0.901. The van der Waals surface area contributed by atoms with Gasteiger partial charge in [0.25, 0.3) is 0 Å². The van der Waals surface area contributed by atoms with Crippen molar-refractivity contribution in [2.75, 3.05) is 10.6 Å². The Morgan fingerprint density at radius 1 is 0.654 bits per heavy atom. The van der Waals surface area contributed by atoms with Crippen LogP contribution in [0.5, 0.6) is 0 Å². The summed E-state index contributed by atoms with van der Waals surface area (Å²) in [6, 6.07) is 17.9. The number of ether oxygens (including phenoxy) is 2. The van der Waals surface area contributed by atoms with Gasteiger partial charge in [0.15, 0.2) is 0 Å². The van der Waals surface area contributed by atoms with Gasteiger partial charge in [-0.1, -0.05) is 36.4 Å². The Labute approximate surface area is 153 Å². The molecule has 0 spiro atoms. The lowest BCUT2D eigenvalue weighted by molar-refractivity contribution is -0.109. The summed E-state index contributed by atoms with van der Waals surface area (Å²) in [4.78, 5) is 24.3. The van der Waals surface area contributed by atoms with E-state index in [1.807, 2.05) is 36.4 Å².